The maximum Gasteiger partial charge on any atom is 0.213 e. The van der Waals surface area contributed by atoms with E-state index in [1.165, 1.54) is 11.8 Å². The zero-order valence-corrected chi connectivity index (χ0v) is 11.7. The number of nitrogens with one attached hydrogen (secondary N) is 1. The highest BCUT2D eigenvalue weighted by Crippen LogP contribution is 2.33. The molecule has 1 aromatic carbocycles. The molecule has 0 aliphatic rings. The van der Waals surface area contributed by atoms with E-state index in [1.54, 1.807) is 11.8 Å². The highest BCUT2D eigenvalue weighted by Gasteiger charge is 2.11. The number of aromatic amines is 1. The van der Waals surface area contributed by atoms with Crippen LogP contribution in [0, 0.1) is 18.3 Å². The summed E-state index contributed by atoms with van der Waals surface area (Å²) in [6.45, 7) is 3.93. The molecule has 0 spiro atoms. The minimum absolute atomic E-state index is 0.641. The van der Waals surface area contributed by atoms with Gasteiger partial charge in [0.2, 0.25) is 5.16 Å². The average Bonchev–Trinajstić information content (AvgIpc) is 2.76. The minimum atomic E-state index is 0.641. The van der Waals surface area contributed by atoms with E-state index in [9.17, 15) is 5.26 Å². The summed E-state index contributed by atoms with van der Waals surface area (Å²) in [6.07, 6.45) is 0. The Labute approximate surface area is 114 Å². The predicted octanol–water partition coefficient (Wildman–Crippen LogP) is 3.25. The van der Waals surface area contributed by atoms with Crippen LogP contribution in [0.5, 0.6) is 0 Å². The molecule has 0 saturated heterocycles. The third kappa shape index (κ3) is 2.86. The first-order valence-electron chi connectivity index (χ1n) is 5.47. The molecule has 1 heterocycles. The SMILES string of the molecule is CCSc1cccc(Sc2n[nH]c(C)n2)c1C#N. The number of rotatable bonds is 4. The summed E-state index contributed by atoms with van der Waals surface area (Å²) >= 11 is 3.08. The quantitative estimate of drug-likeness (QED) is 0.868. The monoisotopic (exact) mass is 276 g/mol. The average molecular weight is 276 g/mol. The number of aryl methyl sites for hydroxylation is 1. The molecule has 0 bridgehead atoms. The molecule has 1 aromatic heterocycles. The number of nitriles is 1. The Hall–Kier alpha value is -1.45. The number of H-pyrrole nitrogens is 1. The molecular weight excluding hydrogens is 264 g/mol. The number of hydrogen-bond acceptors (Lipinski definition) is 5. The summed E-state index contributed by atoms with van der Waals surface area (Å²) in [5, 5.41) is 16.8. The molecule has 2 aromatic rings. The van der Waals surface area contributed by atoms with Gasteiger partial charge in [0.05, 0.1) is 5.56 Å². The number of hydrogen-bond donors (Lipinski definition) is 1. The van der Waals surface area contributed by atoms with Crippen LogP contribution in [-0.2, 0) is 0 Å². The van der Waals surface area contributed by atoms with E-state index < -0.39 is 0 Å². The van der Waals surface area contributed by atoms with Gasteiger partial charge in [0, 0.05) is 9.79 Å². The first kappa shape index (κ1) is 13.0. The van der Waals surface area contributed by atoms with Gasteiger partial charge in [-0.3, -0.25) is 5.10 Å². The number of aromatic nitrogens is 3. The summed E-state index contributed by atoms with van der Waals surface area (Å²) in [5.41, 5.74) is 0.705. The van der Waals surface area contributed by atoms with Gasteiger partial charge in [0.1, 0.15) is 11.9 Å². The molecule has 0 radical (unpaired) electrons. The molecule has 92 valence electrons. The van der Waals surface area contributed by atoms with Crippen LogP contribution in [0.3, 0.4) is 0 Å². The largest absolute Gasteiger partial charge is 0.262 e. The van der Waals surface area contributed by atoms with Crippen molar-refractivity contribution in [3.8, 4) is 6.07 Å². The molecule has 0 aliphatic carbocycles. The lowest BCUT2D eigenvalue weighted by atomic mass is 10.2. The standard InChI is InChI=1S/C12H12N4S2/c1-3-17-10-5-4-6-11(9(10)7-13)18-12-14-8(2)15-16-12/h4-6H,3H2,1-2H3,(H,14,15,16). The first-order chi connectivity index (χ1) is 8.74. The molecular formula is C12H12N4S2. The molecule has 0 saturated carbocycles. The third-order valence-electron chi connectivity index (χ3n) is 2.18. The first-order valence-corrected chi connectivity index (χ1v) is 7.27. The van der Waals surface area contributed by atoms with E-state index in [0.29, 0.717) is 10.7 Å². The highest BCUT2D eigenvalue weighted by atomic mass is 32.2. The summed E-state index contributed by atoms with van der Waals surface area (Å²) < 4.78 is 0. The van der Waals surface area contributed by atoms with E-state index >= 15 is 0 Å². The Morgan fingerprint density at radius 2 is 2.17 bits per heavy atom. The van der Waals surface area contributed by atoms with E-state index in [2.05, 4.69) is 28.2 Å². The molecule has 0 atom stereocenters. The van der Waals surface area contributed by atoms with Crippen molar-refractivity contribution in [2.24, 2.45) is 0 Å². The van der Waals surface area contributed by atoms with Gasteiger partial charge >= 0.3 is 0 Å². The van der Waals surface area contributed by atoms with Gasteiger partial charge in [-0.15, -0.1) is 16.9 Å². The van der Waals surface area contributed by atoms with Gasteiger partial charge in [0.25, 0.3) is 0 Å². The number of thioether (sulfide) groups is 1. The zero-order chi connectivity index (χ0) is 13.0. The lowest BCUT2D eigenvalue weighted by Gasteiger charge is -2.05. The fourth-order valence-corrected chi connectivity index (χ4v) is 3.17. The minimum Gasteiger partial charge on any atom is -0.262 e. The predicted molar refractivity (Wildman–Crippen MR) is 72.8 cm³/mol. The maximum absolute atomic E-state index is 9.28. The molecule has 0 fully saturated rings. The summed E-state index contributed by atoms with van der Waals surface area (Å²) in [4.78, 5) is 6.15. The molecule has 4 nitrogen and oxygen atoms in total. The Kier molecular flexibility index (Phi) is 4.28. The van der Waals surface area contributed by atoms with Gasteiger partial charge in [0.15, 0.2) is 0 Å². The van der Waals surface area contributed by atoms with Gasteiger partial charge in [-0.25, -0.2) is 4.98 Å². The van der Waals surface area contributed by atoms with Gasteiger partial charge in [-0.1, -0.05) is 13.0 Å². The van der Waals surface area contributed by atoms with Crippen LogP contribution in [0.25, 0.3) is 0 Å². The van der Waals surface area contributed by atoms with Crippen molar-refractivity contribution in [2.75, 3.05) is 5.75 Å². The lowest BCUT2D eigenvalue weighted by molar-refractivity contribution is 0.968. The van der Waals surface area contributed by atoms with E-state index in [1.807, 2.05) is 25.1 Å². The van der Waals surface area contributed by atoms with E-state index in [0.717, 1.165) is 21.4 Å². The van der Waals surface area contributed by atoms with Gasteiger partial charge < -0.3 is 0 Å². The van der Waals surface area contributed by atoms with Crippen LogP contribution in [0.2, 0.25) is 0 Å². The molecule has 18 heavy (non-hydrogen) atoms. The van der Waals surface area contributed by atoms with Crippen LogP contribution >= 0.6 is 23.5 Å². The van der Waals surface area contributed by atoms with Crippen molar-refractivity contribution >= 4 is 23.5 Å². The zero-order valence-electron chi connectivity index (χ0n) is 10.1. The van der Waals surface area contributed by atoms with Crippen LogP contribution in [0.4, 0.5) is 0 Å². The Bertz CT molecular complexity index is 586. The summed E-state index contributed by atoms with van der Waals surface area (Å²) in [7, 11) is 0. The van der Waals surface area contributed by atoms with Crippen LogP contribution in [0.15, 0.2) is 33.1 Å². The molecule has 0 amide bonds. The van der Waals surface area contributed by atoms with Gasteiger partial charge in [-0.2, -0.15) is 5.26 Å². The van der Waals surface area contributed by atoms with Crippen molar-refractivity contribution in [3.05, 3.63) is 29.6 Å². The topological polar surface area (TPSA) is 65.4 Å². The van der Waals surface area contributed by atoms with Crippen molar-refractivity contribution in [1.82, 2.24) is 15.2 Å². The lowest BCUT2D eigenvalue weighted by Crippen LogP contribution is -1.87. The van der Waals surface area contributed by atoms with E-state index in [4.69, 9.17) is 0 Å². The van der Waals surface area contributed by atoms with E-state index in [-0.39, 0.29) is 0 Å². The molecule has 6 heteroatoms. The Morgan fingerprint density at radius 1 is 1.39 bits per heavy atom. The summed E-state index contributed by atoms with van der Waals surface area (Å²) in [5.74, 6) is 1.72. The van der Waals surface area contributed by atoms with Crippen LogP contribution in [0.1, 0.15) is 18.3 Å². The molecule has 0 unspecified atom stereocenters. The summed E-state index contributed by atoms with van der Waals surface area (Å²) in [6, 6.07) is 8.13. The second-order valence-electron chi connectivity index (χ2n) is 3.48. The molecule has 1 N–H and O–H groups in total. The second kappa shape index (κ2) is 5.94. The maximum atomic E-state index is 9.28. The van der Waals surface area contributed by atoms with Crippen LogP contribution < -0.4 is 0 Å². The number of nitrogens with zero attached hydrogens (tertiary/aromatic N) is 3. The Morgan fingerprint density at radius 3 is 2.78 bits per heavy atom. The number of benzene rings is 1. The highest BCUT2D eigenvalue weighted by molar-refractivity contribution is 8.00. The van der Waals surface area contributed by atoms with Crippen LogP contribution in [-0.4, -0.2) is 20.9 Å². The fraction of sp³-hybridized carbons (Fsp3) is 0.250. The molecule has 2 rings (SSSR count). The normalized spacial score (nSPS) is 10.3. The van der Waals surface area contributed by atoms with Crippen molar-refractivity contribution < 1.29 is 0 Å². The van der Waals surface area contributed by atoms with Crippen molar-refractivity contribution in [1.29, 1.82) is 5.26 Å². The van der Waals surface area contributed by atoms with Crippen molar-refractivity contribution in [3.63, 3.8) is 0 Å². The Balaban J connectivity index is 2.33. The fourth-order valence-electron chi connectivity index (χ4n) is 1.45. The van der Waals surface area contributed by atoms with Gasteiger partial charge in [-0.05, 0) is 36.6 Å². The van der Waals surface area contributed by atoms with Crippen molar-refractivity contribution in [2.45, 2.75) is 28.8 Å². The smallest absolute Gasteiger partial charge is 0.213 e. The second-order valence-corrected chi connectivity index (χ2v) is 5.79. The molecule has 0 aliphatic heterocycles. The third-order valence-corrected chi connectivity index (χ3v) is 4.04.